The molecule has 1 amide bonds. The summed E-state index contributed by atoms with van der Waals surface area (Å²) in [6.45, 7) is 0.365. The molecule has 0 unspecified atom stereocenters. The Hall–Kier alpha value is -2.99. The van der Waals surface area contributed by atoms with Crippen molar-refractivity contribution in [3.8, 4) is 17.6 Å². The van der Waals surface area contributed by atoms with Crippen molar-refractivity contribution in [2.45, 2.75) is 31.1 Å². The molecule has 2 aliphatic rings. The normalized spacial score (nSPS) is 20.1. The van der Waals surface area contributed by atoms with Crippen molar-refractivity contribution in [2.24, 2.45) is 0 Å². The highest BCUT2D eigenvalue weighted by atomic mass is 35.5. The number of carbonyl (C=O) groups excluding carboxylic acids is 1. The minimum absolute atomic E-state index is 0.0502. The van der Waals surface area contributed by atoms with Crippen molar-refractivity contribution in [3.63, 3.8) is 0 Å². The van der Waals surface area contributed by atoms with Gasteiger partial charge < -0.3 is 15.0 Å². The average molecular weight is 440 g/mol. The van der Waals surface area contributed by atoms with Crippen LogP contribution in [0.1, 0.15) is 30.0 Å². The van der Waals surface area contributed by atoms with E-state index in [1.54, 1.807) is 35.2 Å². The lowest BCUT2D eigenvalue weighted by Crippen LogP contribution is -2.52. The molecular weight excluding hydrogens is 426 g/mol. The van der Waals surface area contributed by atoms with Crippen molar-refractivity contribution in [1.82, 2.24) is 5.32 Å². The molecule has 1 N–H and O–H groups in total. The number of para-hydroxylation sites is 1. The summed E-state index contributed by atoms with van der Waals surface area (Å²) in [7, 11) is 0. The van der Waals surface area contributed by atoms with E-state index in [1.165, 1.54) is 0 Å². The first-order valence-electron chi connectivity index (χ1n) is 9.05. The number of hydrogen-bond donors (Lipinski definition) is 1. The van der Waals surface area contributed by atoms with Crippen LogP contribution in [0.4, 0.5) is 23.2 Å². The summed E-state index contributed by atoms with van der Waals surface area (Å²) in [5.41, 5.74) is 0.350. The lowest BCUT2D eigenvalue weighted by Gasteiger charge is -2.42. The average Bonchev–Trinajstić information content (AvgIpc) is 2.82. The van der Waals surface area contributed by atoms with Crippen LogP contribution in [0.2, 0.25) is 5.02 Å². The molecule has 0 bridgehead atoms. The van der Waals surface area contributed by atoms with Crippen LogP contribution >= 0.6 is 11.6 Å². The molecule has 0 spiro atoms. The summed E-state index contributed by atoms with van der Waals surface area (Å²) >= 11 is 6.34. The van der Waals surface area contributed by atoms with Gasteiger partial charge in [-0.2, -0.15) is 18.4 Å². The van der Waals surface area contributed by atoms with E-state index in [0.717, 1.165) is 6.07 Å². The first-order chi connectivity index (χ1) is 14.2. The van der Waals surface area contributed by atoms with Crippen LogP contribution in [0.25, 0.3) is 0 Å². The predicted molar refractivity (Wildman–Crippen MR) is 99.9 cm³/mol. The van der Waals surface area contributed by atoms with E-state index in [-0.39, 0.29) is 28.4 Å². The van der Waals surface area contributed by atoms with Gasteiger partial charge in [0.1, 0.15) is 28.9 Å². The molecule has 2 aromatic carbocycles. The molecule has 0 saturated carbocycles. The zero-order valence-electron chi connectivity index (χ0n) is 15.3. The number of fused-ring (bicyclic) bond motifs is 5. The summed E-state index contributed by atoms with van der Waals surface area (Å²) in [6.07, 6.45) is -4.30. The summed E-state index contributed by atoms with van der Waals surface area (Å²) < 4.78 is 58.9. The number of nitrogens with zero attached hydrogens (tertiary/aromatic N) is 2. The van der Waals surface area contributed by atoms with Gasteiger partial charge in [-0.3, -0.25) is 4.79 Å². The Morgan fingerprint density at radius 1 is 1.30 bits per heavy atom. The highest BCUT2D eigenvalue weighted by Gasteiger charge is 2.45. The maximum Gasteiger partial charge on any atom is 0.471 e. The third kappa shape index (κ3) is 3.31. The first kappa shape index (κ1) is 20.3. The topological polar surface area (TPSA) is 65.4 Å². The molecule has 30 heavy (non-hydrogen) atoms. The van der Waals surface area contributed by atoms with Crippen LogP contribution in [-0.2, 0) is 4.79 Å². The number of anilines is 1. The maximum absolute atomic E-state index is 14.4. The Bertz CT molecular complexity index is 1070. The van der Waals surface area contributed by atoms with E-state index in [1.807, 2.05) is 0 Å². The Labute approximate surface area is 173 Å². The molecule has 2 aromatic rings. The van der Waals surface area contributed by atoms with Crippen LogP contribution in [0.15, 0.2) is 30.3 Å². The predicted octanol–water partition coefficient (Wildman–Crippen LogP) is 4.85. The Morgan fingerprint density at radius 3 is 2.73 bits per heavy atom. The molecule has 1 saturated heterocycles. The number of piperidine rings is 1. The van der Waals surface area contributed by atoms with Gasteiger partial charge in [0.15, 0.2) is 5.75 Å². The Kier molecular flexibility index (Phi) is 4.98. The number of ether oxygens (including phenoxy) is 1. The molecule has 2 atom stereocenters. The fraction of sp³-hybridized carbons (Fsp3) is 0.300. The van der Waals surface area contributed by atoms with Gasteiger partial charge >= 0.3 is 12.1 Å². The minimum atomic E-state index is -5.03. The van der Waals surface area contributed by atoms with Crippen LogP contribution in [0.5, 0.6) is 11.5 Å². The molecule has 4 rings (SSSR count). The number of nitriles is 1. The number of amides is 1. The monoisotopic (exact) mass is 439 g/mol. The number of nitrogens with one attached hydrogen (secondary N) is 1. The molecule has 0 aromatic heterocycles. The second-order valence-electron chi connectivity index (χ2n) is 7.00. The zero-order chi connectivity index (χ0) is 21.6. The highest BCUT2D eigenvalue weighted by molar-refractivity contribution is 6.35. The number of carbonyl (C=O) groups is 1. The molecule has 156 valence electrons. The summed E-state index contributed by atoms with van der Waals surface area (Å²) in [6, 6.07) is 7.72. The quantitative estimate of drug-likeness (QED) is 0.645. The lowest BCUT2D eigenvalue weighted by atomic mass is 9.89. The highest BCUT2D eigenvalue weighted by Crippen LogP contribution is 2.51. The largest absolute Gasteiger partial charge is 0.471 e. The molecular formula is C20H14ClF4N3O2. The zero-order valence-corrected chi connectivity index (χ0v) is 16.0. The van der Waals surface area contributed by atoms with Crippen LogP contribution in [-0.4, -0.2) is 24.7 Å². The minimum Gasteiger partial charge on any atom is -0.455 e. The van der Waals surface area contributed by atoms with Crippen molar-refractivity contribution in [3.05, 3.63) is 52.3 Å². The third-order valence-electron chi connectivity index (χ3n) is 5.22. The summed E-state index contributed by atoms with van der Waals surface area (Å²) in [5, 5.41) is 11.2. The van der Waals surface area contributed by atoms with Gasteiger partial charge in [0.2, 0.25) is 0 Å². The Balaban J connectivity index is 1.89. The second kappa shape index (κ2) is 7.36. The van der Waals surface area contributed by atoms with E-state index < -0.39 is 30.0 Å². The van der Waals surface area contributed by atoms with Crippen molar-refractivity contribution in [2.75, 3.05) is 11.4 Å². The van der Waals surface area contributed by atoms with Gasteiger partial charge in [0, 0.05) is 18.2 Å². The van der Waals surface area contributed by atoms with E-state index in [4.69, 9.17) is 16.3 Å². The molecule has 2 aliphatic heterocycles. The lowest BCUT2D eigenvalue weighted by molar-refractivity contribution is -0.174. The number of rotatable bonds is 1. The van der Waals surface area contributed by atoms with Crippen LogP contribution < -0.4 is 15.0 Å². The van der Waals surface area contributed by atoms with E-state index in [2.05, 4.69) is 5.32 Å². The number of hydrogen-bond acceptors (Lipinski definition) is 4. The maximum atomic E-state index is 14.4. The third-order valence-corrected chi connectivity index (χ3v) is 5.59. The van der Waals surface area contributed by atoms with E-state index >= 15 is 0 Å². The number of alkyl halides is 3. The fourth-order valence-corrected chi connectivity index (χ4v) is 4.34. The fourth-order valence-electron chi connectivity index (χ4n) is 4.00. The second-order valence-corrected chi connectivity index (χ2v) is 7.38. The number of halogens is 5. The van der Waals surface area contributed by atoms with Crippen molar-refractivity contribution in [1.29, 1.82) is 5.26 Å². The van der Waals surface area contributed by atoms with Gasteiger partial charge in [-0.1, -0.05) is 29.8 Å². The van der Waals surface area contributed by atoms with Crippen LogP contribution in [0.3, 0.4) is 0 Å². The molecule has 2 heterocycles. The number of benzene rings is 2. The van der Waals surface area contributed by atoms with E-state index in [9.17, 15) is 27.6 Å². The van der Waals surface area contributed by atoms with Crippen LogP contribution in [0, 0.1) is 17.1 Å². The standard InChI is InChI=1S/C20H14ClF4N3O2/c21-16-11(9-26)12(22)8-15-18(16)28-7-3-5-13(27-19(29)20(23,24)25)17(28)10-4-1-2-6-14(10)30-15/h1-2,4,6,8,13,17H,3,5,7H2,(H,27,29)/t13-,17+/m1/s1. The molecule has 1 fully saturated rings. The first-order valence-corrected chi connectivity index (χ1v) is 9.43. The van der Waals surface area contributed by atoms with Gasteiger partial charge in [-0.15, -0.1) is 0 Å². The molecule has 10 heteroatoms. The Morgan fingerprint density at radius 2 is 2.03 bits per heavy atom. The molecule has 0 radical (unpaired) electrons. The van der Waals surface area contributed by atoms with Gasteiger partial charge in [-0.25, -0.2) is 4.39 Å². The van der Waals surface area contributed by atoms with Gasteiger partial charge in [-0.05, 0) is 18.9 Å². The SMILES string of the molecule is N#Cc1c(F)cc2c(c1Cl)N1CCC[C@@H](NC(=O)C(F)(F)F)[C@@H]1c1ccccc1O2. The van der Waals surface area contributed by atoms with Gasteiger partial charge in [0.25, 0.3) is 0 Å². The molecule has 5 nitrogen and oxygen atoms in total. The van der Waals surface area contributed by atoms with Crippen molar-refractivity contribution < 1.29 is 27.1 Å². The van der Waals surface area contributed by atoms with Crippen molar-refractivity contribution >= 4 is 23.2 Å². The smallest absolute Gasteiger partial charge is 0.455 e. The summed E-state index contributed by atoms with van der Waals surface area (Å²) in [5.74, 6) is -2.55. The van der Waals surface area contributed by atoms with E-state index in [0.29, 0.717) is 24.3 Å². The summed E-state index contributed by atoms with van der Waals surface area (Å²) in [4.78, 5) is 13.3. The van der Waals surface area contributed by atoms with Gasteiger partial charge in [0.05, 0.1) is 17.1 Å². The molecule has 0 aliphatic carbocycles.